The lowest BCUT2D eigenvalue weighted by molar-refractivity contribution is 0.874. The van der Waals surface area contributed by atoms with E-state index in [0.717, 1.165) is 5.92 Å². The van der Waals surface area contributed by atoms with Crippen molar-refractivity contribution < 1.29 is 0 Å². The monoisotopic (exact) mass is 210 g/mol. The molecule has 0 heterocycles. The zero-order valence-corrected chi connectivity index (χ0v) is 10.0. The minimum absolute atomic E-state index is 0.614. The molecule has 0 bridgehead atoms. The van der Waals surface area contributed by atoms with Gasteiger partial charge in [-0.25, -0.2) is 0 Å². The molecule has 0 unspecified atom stereocenters. The zero-order chi connectivity index (χ0) is 11.1. The van der Waals surface area contributed by atoms with Crippen molar-refractivity contribution in [3.63, 3.8) is 0 Å². The lowest BCUT2D eigenvalue weighted by atomic mass is 9.91. The molecule has 1 saturated carbocycles. The van der Waals surface area contributed by atoms with E-state index in [1.807, 2.05) is 0 Å². The molecule has 1 fully saturated rings. The van der Waals surface area contributed by atoms with Crippen molar-refractivity contribution in [2.24, 2.45) is 0 Å². The molecule has 0 amide bonds. The van der Waals surface area contributed by atoms with Crippen LogP contribution in [0.15, 0.2) is 36.4 Å². The summed E-state index contributed by atoms with van der Waals surface area (Å²) < 4.78 is 0. The Bertz CT molecular complexity index is 482. The SMILES string of the molecule is CC(C)c1cccc2cccc(C3CC3)c12. The molecule has 0 heteroatoms. The second-order valence-electron chi connectivity index (χ2n) is 5.22. The lowest BCUT2D eigenvalue weighted by Crippen LogP contribution is -1.93. The third-order valence-electron chi connectivity index (χ3n) is 3.61. The van der Waals surface area contributed by atoms with Crippen molar-refractivity contribution in [2.75, 3.05) is 0 Å². The van der Waals surface area contributed by atoms with Crippen molar-refractivity contribution in [2.45, 2.75) is 38.5 Å². The molecule has 1 aliphatic carbocycles. The first kappa shape index (κ1) is 9.89. The van der Waals surface area contributed by atoms with Gasteiger partial charge < -0.3 is 0 Å². The van der Waals surface area contributed by atoms with E-state index >= 15 is 0 Å². The summed E-state index contributed by atoms with van der Waals surface area (Å²) in [5, 5.41) is 2.94. The molecule has 82 valence electrons. The van der Waals surface area contributed by atoms with Crippen LogP contribution in [-0.4, -0.2) is 0 Å². The molecule has 2 aromatic carbocycles. The molecule has 0 atom stereocenters. The molecule has 0 saturated heterocycles. The Balaban J connectivity index is 2.33. The third-order valence-corrected chi connectivity index (χ3v) is 3.61. The highest BCUT2D eigenvalue weighted by molar-refractivity contribution is 5.90. The Morgan fingerprint density at radius 2 is 1.69 bits per heavy atom. The van der Waals surface area contributed by atoms with Gasteiger partial charge >= 0.3 is 0 Å². The predicted molar refractivity (Wildman–Crippen MR) is 70.0 cm³/mol. The van der Waals surface area contributed by atoms with Gasteiger partial charge in [0.05, 0.1) is 0 Å². The van der Waals surface area contributed by atoms with Crippen LogP contribution in [0.5, 0.6) is 0 Å². The Hall–Kier alpha value is -1.30. The summed E-state index contributed by atoms with van der Waals surface area (Å²) in [6.07, 6.45) is 2.76. The Kier molecular flexibility index (Phi) is 2.24. The average molecular weight is 210 g/mol. The number of rotatable bonds is 2. The van der Waals surface area contributed by atoms with Gasteiger partial charge in [-0.15, -0.1) is 0 Å². The van der Waals surface area contributed by atoms with Crippen molar-refractivity contribution in [3.8, 4) is 0 Å². The smallest absolute Gasteiger partial charge is 0.0114 e. The number of hydrogen-bond donors (Lipinski definition) is 0. The standard InChI is InChI=1S/C16H18/c1-11(2)14-7-3-5-13-6-4-8-15(16(13)14)12-9-10-12/h3-8,11-12H,9-10H2,1-2H3. The fourth-order valence-corrected chi connectivity index (χ4v) is 2.62. The molecular formula is C16H18. The summed E-state index contributed by atoms with van der Waals surface area (Å²) >= 11 is 0. The van der Waals surface area contributed by atoms with Gasteiger partial charge in [-0.2, -0.15) is 0 Å². The van der Waals surface area contributed by atoms with Crippen LogP contribution in [0.1, 0.15) is 49.7 Å². The van der Waals surface area contributed by atoms with Gasteiger partial charge in [0.15, 0.2) is 0 Å². The highest BCUT2D eigenvalue weighted by Gasteiger charge is 2.26. The van der Waals surface area contributed by atoms with E-state index < -0.39 is 0 Å². The number of fused-ring (bicyclic) bond motifs is 1. The van der Waals surface area contributed by atoms with E-state index in [2.05, 4.69) is 50.2 Å². The van der Waals surface area contributed by atoms with Crippen molar-refractivity contribution in [1.82, 2.24) is 0 Å². The van der Waals surface area contributed by atoms with Crippen LogP contribution >= 0.6 is 0 Å². The largest absolute Gasteiger partial charge is 0.0613 e. The van der Waals surface area contributed by atoms with Crippen LogP contribution in [-0.2, 0) is 0 Å². The summed E-state index contributed by atoms with van der Waals surface area (Å²) in [7, 11) is 0. The molecule has 0 N–H and O–H groups in total. The molecule has 1 aliphatic rings. The molecule has 16 heavy (non-hydrogen) atoms. The zero-order valence-electron chi connectivity index (χ0n) is 10.0. The van der Waals surface area contributed by atoms with Crippen LogP contribution in [0.3, 0.4) is 0 Å². The van der Waals surface area contributed by atoms with E-state index in [1.165, 1.54) is 29.2 Å². The van der Waals surface area contributed by atoms with Crippen LogP contribution in [0.25, 0.3) is 10.8 Å². The predicted octanol–water partition coefficient (Wildman–Crippen LogP) is 4.84. The summed E-state index contributed by atoms with van der Waals surface area (Å²) in [6.45, 7) is 4.58. The van der Waals surface area contributed by atoms with Gasteiger partial charge in [0, 0.05) is 0 Å². The Morgan fingerprint density at radius 3 is 2.31 bits per heavy atom. The van der Waals surface area contributed by atoms with Crippen LogP contribution in [0.4, 0.5) is 0 Å². The second-order valence-corrected chi connectivity index (χ2v) is 5.22. The minimum Gasteiger partial charge on any atom is -0.0613 e. The van der Waals surface area contributed by atoms with Gasteiger partial charge in [-0.1, -0.05) is 50.2 Å². The van der Waals surface area contributed by atoms with Gasteiger partial charge in [0.1, 0.15) is 0 Å². The minimum atomic E-state index is 0.614. The van der Waals surface area contributed by atoms with Crippen molar-refractivity contribution in [3.05, 3.63) is 47.5 Å². The van der Waals surface area contributed by atoms with Gasteiger partial charge in [0.2, 0.25) is 0 Å². The lowest BCUT2D eigenvalue weighted by Gasteiger charge is -2.13. The summed E-state index contributed by atoms with van der Waals surface area (Å²) in [5.41, 5.74) is 3.10. The maximum absolute atomic E-state index is 2.33. The quantitative estimate of drug-likeness (QED) is 0.665. The van der Waals surface area contributed by atoms with Gasteiger partial charge in [-0.05, 0) is 46.6 Å². The highest BCUT2D eigenvalue weighted by Crippen LogP contribution is 2.44. The van der Waals surface area contributed by atoms with Crippen molar-refractivity contribution >= 4 is 10.8 Å². The fourth-order valence-electron chi connectivity index (χ4n) is 2.62. The molecule has 2 aromatic rings. The molecule has 0 aromatic heterocycles. The fraction of sp³-hybridized carbons (Fsp3) is 0.375. The van der Waals surface area contributed by atoms with E-state index in [0.29, 0.717) is 5.92 Å². The Morgan fingerprint density at radius 1 is 1.00 bits per heavy atom. The van der Waals surface area contributed by atoms with E-state index in [1.54, 1.807) is 5.56 Å². The molecule has 3 rings (SSSR count). The summed E-state index contributed by atoms with van der Waals surface area (Å²) in [6, 6.07) is 13.5. The topological polar surface area (TPSA) is 0 Å². The van der Waals surface area contributed by atoms with E-state index in [9.17, 15) is 0 Å². The van der Waals surface area contributed by atoms with E-state index in [4.69, 9.17) is 0 Å². The Labute approximate surface area is 97.3 Å². The second kappa shape index (κ2) is 3.62. The molecule has 0 radical (unpaired) electrons. The average Bonchev–Trinajstić information content (AvgIpc) is 3.11. The number of hydrogen-bond acceptors (Lipinski definition) is 0. The molecule has 0 aliphatic heterocycles. The maximum atomic E-state index is 2.33. The van der Waals surface area contributed by atoms with E-state index in [-0.39, 0.29) is 0 Å². The first-order chi connectivity index (χ1) is 7.77. The third kappa shape index (κ3) is 1.53. The highest BCUT2D eigenvalue weighted by atomic mass is 14.3. The summed E-state index contributed by atoms with van der Waals surface area (Å²) in [5.74, 6) is 1.45. The number of benzene rings is 2. The van der Waals surface area contributed by atoms with Crippen LogP contribution in [0, 0.1) is 0 Å². The van der Waals surface area contributed by atoms with Crippen LogP contribution < -0.4 is 0 Å². The summed E-state index contributed by atoms with van der Waals surface area (Å²) in [4.78, 5) is 0. The molecule has 0 nitrogen and oxygen atoms in total. The van der Waals surface area contributed by atoms with Crippen LogP contribution in [0.2, 0.25) is 0 Å². The first-order valence-electron chi connectivity index (χ1n) is 6.29. The maximum Gasteiger partial charge on any atom is -0.0114 e. The molecular weight excluding hydrogens is 192 g/mol. The van der Waals surface area contributed by atoms with Gasteiger partial charge in [-0.3, -0.25) is 0 Å². The van der Waals surface area contributed by atoms with Crippen molar-refractivity contribution in [1.29, 1.82) is 0 Å². The molecule has 0 spiro atoms. The first-order valence-corrected chi connectivity index (χ1v) is 6.29. The van der Waals surface area contributed by atoms with Gasteiger partial charge in [0.25, 0.3) is 0 Å². The normalized spacial score (nSPS) is 15.9.